The molecule has 8 nitrogen and oxygen atoms in total. The summed E-state index contributed by atoms with van der Waals surface area (Å²) in [5.41, 5.74) is 1.21. The molecular weight excluding hydrogens is 396 g/mol. The Balaban J connectivity index is 1.72. The molecule has 0 saturated carbocycles. The van der Waals surface area contributed by atoms with Crippen molar-refractivity contribution in [1.29, 1.82) is 0 Å². The topological polar surface area (TPSA) is 93.4 Å². The zero-order valence-corrected chi connectivity index (χ0v) is 17.4. The van der Waals surface area contributed by atoms with Gasteiger partial charge in [-0.25, -0.2) is 4.79 Å². The van der Waals surface area contributed by atoms with E-state index in [0.29, 0.717) is 12.1 Å². The van der Waals surface area contributed by atoms with Crippen molar-refractivity contribution in [3.63, 3.8) is 0 Å². The Morgan fingerprint density at radius 2 is 1.61 bits per heavy atom. The van der Waals surface area contributed by atoms with Gasteiger partial charge in [0.2, 0.25) is 5.91 Å². The zero-order valence-electron chi connectivity index (χ0n) is 17.4. The normalized spacial score (nSPS) is 10.5. The minimum atomic E-state index is -0.534. The lowest BCUT2D eigenvalue weighted by Crippen LogP contribution is -2.43. The number of aromatic nitrogens is 2. The number of carbonyl (C=O) groups excluding carboxylic acids is 2. The summed E-state index contributed by atoms with van der Waals surface area (Å²) in [5, 5.41) is 2.55. The van der Waals surface area contributed by atoms with Gasteiger partial charge >= 0.3 is 5.69 Å². The Morgan fingerprint density at radius 3 is 2.26 bits per heavy atom. The quantitative estimate of drug-likeness (QED) is 0.619. The van der Waals surface area contributed by atoms with Gasteiger partial charge in [0.25, 0.3) is 11.5 Å². The molecule has 0 aliphatic rings. The van der Waals surface area contributed by atoms with Gasteiger partial charge < -0.3 is 10.2 Å². The Morgan fingerprint density at radius 1 is 0.935 bits per heavy atom. The van der Waals surface area contributed by atoms with Gasteiger partial charge in [-0.2, -0.15) is 0 Å². The molecule has 1 heterocycles. The number of benzene rings is 2. The molecule has 1 aromatic heterocycles. The van der Waals surface area contributed by atoms with E-state index in [1.807, 2.05) is 30.3 Å². The molecule has 0 aliphatic heterocycles. The monoisotopic (exact) mass is 420 g/mol. The number of amides is 2. The molecule has 0 fully saturated rings. The summed E-state index contributed by atoms with van der Waals surface area (Å²) in [6.07, 6.45) is 1.44. The third-order valence-electron chi connectivity index (χ3n) is 4.92. The van der Waals surface area contributed by atoms with Crippen molar-refractivity contribution in [3.8, 4) is 0 Å². The molecule has 0 bridgehead atoms. The lowest BCUT2D eigenvalue weighted by molar-refractivity contribution is -0.131. The minimum Gasteiger partial charge on any atom is -0.355 e. The number of rotatable bonds is 7. The predicted octanol–water partition coefficient (Wildman–Crippen LogP) is 1.08. The molecule has 0 saturated heterocycles. The molecule has 0 radical (unpaired) electrons. The average molecular weight is 420 g/mol. The SMILES string of the molecule is CNC(=O)c1ccc(CN(C)C(=O)Cn2c(=O)ccn(Cc3ccccc3)c2=O)cc1. The number of carbonyl (C=O) groups is 2. The van der Waals surface area contributed by atoms with Crippen molar-refractivity contribution in [3.05, 3.63) is 104 Å². The van der Waals surface area contributed by atoms with E-state index in [1.54, 1.807) is 38.4 Å². The number of nitrogens with one attached hydrogen (secondary N) is 1. The molecule has 0 unspecified atom stereocenters. The summed E-state index contributed by atoms with van der Waals surface area (Å²) in [6.45, 7) is 0.244. The Kier molecular flexibility index (Phi) is 6.81. The first kappa shape index (κ1) is 21.8. The lowest BCUT2D eigenvalue weighted by Gasteiger charge is -2.18. The third-order valence-corrected chi connectivity index (χ3v) is 4.92. The van der Waals surface area contributed by atoms with Crippen LogP contribution in [0.5, 0.6) is 0 Å². The van der Waals surface area contributed by atoms with E-state index in [-0.39, 0.29) is 24.9 Å². The number of likely N-dealkylation sites (N-methyl/N-ethyl adjacent to an activating group) is 1. The number of nitrogens with zero attached hydrogens (tertiary/aromatic N) is 3. The van der Waals surface area contributed by atoms with Crippen molar-refractivity contribution in [1.82, 2.24) is 19.4 Å². The highest BCUT2D eigenvalue weighted by Gasteiger charge is 2.14. The first-order valence-corrected chi connectivity index (χ1v) is 9.78. The second kappa shape index (κ2) is 9.71. The summed E-state index contributed by atoms with van der Waals surface area (Å²) in [4.78, 5) is 50.7. The molecule has 0 aliphatic carbocycles. The van der Waals surface area contributed by atoms with Crippen LogP contribution in [0.1, 0.15) is 21.5 Å². The summed E-state index contributed by atoms with van der Waals surface area (Å²) in [5.74, 6) is -0.557. The maximum atomic E-state index is 12.8. The second-order valence-electron chi connectivity index (χ2n) is 7.16. The summed E-state index contributed by atoms with van der Waals surface area (Å²) < 4.78 is 2.35. The smallest absolute Gasteiger partial charge is 0.331 e. The fraction of sp³-hybridized carbons (Fsp3) is 0.217. The fourth-order valence-corrected chi connectivity index (χ4v) is 3.13. The van der Waals surface area contributed by atoms with E-state index in [2.05, 4.69) is 5.32 Å². The van der Waals surface area contributed by atoms with E-state index in [9.17, 15) is 19.2 Å². The van der Waals surface area contributed by atoms with Crippen LogP contribution in [0.4, 0.5) is 0 Å². The van der Waals surface area contributed by atoms with Crippen LogP contribution in [0.15, 0.2) is 76.4 Å². The van der Waals surface area contributed by atoms with Gasteiger partial charge in [-0.15, -0.1) is 0 Å². The summed E-state index contributed by atoms with van der Waals surface area (Å²) in [6, 6.07) is 17.6. The third kappa shape index (κ3) is 5.36. The van der Waals surface area contributed by atoms with Crippen LogP contribution in [-0.2, 0) is 24.4 Å². The number of hydrogen-bond acceptors (Lipinski definition) is 4. The van der Waals surface area contributed by atoms with Crippen molar-refractivity contribution >= 4 is 11.8 Å². The predicted molar refractivity (Wildman–Crippen MR) is 117 cm³/mol. The Labute approximate surface area is 179 Å². The first-order chi connectivity index (χ1) is 14.9. The molecule has 3 aromatic rings. The standard InChI is InChI=1S/C23H24N4O4/c1-24-22(30)19-10-8-18(9-11-19)14-25(2)21(29)16-27-20(28)12-13-26(23(27)31)15-17-6-4-3-5-7-17/h3-13H,14-16H2,1-2H3,(H,24,30). The molecule has 2 aromatic carbocycles. The van der Waals surface area contributed by atoms with E-state index in [1.165, 1.54) is 21.7 Å². The van der Waals surface area contributed by atoms with Crippen LogP contribution in [0.3, 0.4) is 0 Å². The fourth-order valence-electron chi connectivity index (χ4n) is 3.13. The van der Waals surface area contributed by atoms with Gasteiger partial charge in [0.05, 0.1) is 6.54 Å². The van der Waals surface area contributed by atoms with E-state index in [4.69, 9.17) is 0 Å². The van der Waals surface area contributed by atoms with Crippen molar-refractivity contribution in [2.24, 2.45) is 0 Å². The summed E-state index contributed by atoms with van der Waals surface area (Å²) >= 11 is 0. The molecule has 0 atom stereocenters. The van der Waals surface area contributed by atoms with Crippen LogP contribution in [0.25, 0.3) is 0 Å². The number of hydrogen-bond donors (Lipinski definition) is 1. The van der Waals surface area contributed by atoms with Crippen LogP contribution in [-0.4, -0.2) is 39.9 Å². The van der Waals surface area contributed by atoms with Crippen LogP contribution >= 0.6 is 0 Å². The van der Waals surface area contributed by atoms with Gasteiger partial charge in [0.15, 0.2) is 0 Å². The van der Waals surface area contributed by atoms with Crippen molar-refractivity contribution in [2.45, 2.75) is 19.6 Å². The van der Waals surface area contributed by atoms with Gasteiger partial charge in [0.1, 0.15) is 6.54 Å². The second-order valence-corrected chi connectivity index (χ2v) is 7.16. The molecular formula is C23H24N4O4. The molecule has 3 rings (SSSR count). The Bertz CT molecular complexity index is 1180. The van der Waals surface area contributed by atoms with Gasteiger partial charge in [-0.1, -0.05) is 42.5 Å². The van der Waals surface area contributed by atoms with Crippen molar-refractivity contribution in [2.75, 3.05) is 14.1 Å². The molecule has 0 spiro atoms. The van der Waals surface area contributed by atoms with Crippen LogP contribution in [0, 0.1) is 0 Å². The van der Waals surface area contributed by atoms with E-state index in [0.717, 1.165) is 15.7 Å². The molecule has 8 heteroatoms. The Hall–Kier alpha value is -3.94. The largest absolute Gasteiger partial charge is 0.355 e. The minimum absolute atomic E-state index is 0.189. The average Bonchev–Trinajstić information content (AvgIpc) is 2.79. The van der Waals surface area contributed by atoms with Crippen LogP contribution < -0.4 is 16.6 Å². The molecule has 1 N–H and O–H groups in total. The molecule has 2 amide bonds. The summed E-state index contributed by atoms with van der Waals surface area (Å²) in [7, 11) is 3.16. The maximum Gasteiger partial charge on any atom is 0.331 e. The highest BCUT2D eigenvalue weighted by atomic mass is 16.2. The highest BCUT2D eigenvalue weighted by Crippen LogP contribution is 2.07. The molecule has 31 heavy (non-hydrogen) atoms. The van der Waals surface area contributed by atoms with Crippen molar-refractivity contribution < 1.29 is 9.59 Å². The molecule has 160 valence electrons. The van der Waals surface area contributed by atoms with Gasteiger partial charge in [0, 0.05) is 38.5 Å². The first-order valence-electron chi connectivity index (χ1n) is 9.78. The van der Waals surface area contributed by atoms with Gasteiger partial charge in [-0.3, -0.25) is 23.5 Å². The van der Waals surface area contributed by atoms with E-state index < -0.39 is 11.2 Å². The zero-order chi connectivity index (χ0) is 22.4. The highest BCUT2D eigenvalue weighted by molar-refractivity contribution is 5.93. The van der Waals surface area contributed by atoms with Crippen LogP contribution in [0.2, 0.25) is 0 Å². The van der Waals surface area contributed by atoms with Gasteiger partial charge in [-0.05, 0) is 23.3 Å². The lowest BCUT2D eigenvalue weighted by atomic mass is 10.1. The van der Waals surface area contributed by atoms with E-state index >= 15 is 0 Å². The maximum absolute atomic E-state index is 12.8.